The Morgan fingerprint density at radius 2 is 2.11 bits per heavy atom. The van der Waals surface area contributed by atoms with E-state index in [0.717, 1.165) is 0 Å². The zero-order chi connectivity index (χ0) is 25.4. The third kappa shape index (κ3) is 4.04. The Balaban J connectivity index is 1.94. The summed E-state index contributed by atoms with van der Waals surface area (Å²) in [5, 5.41) is 15.5. The second-order valence-corrected chi connectivity index (χ2v) is 8.73. The zero-order valence-corrected chi connectivity index (χ0v) is 20.8. The normalized spacial score (nSPS) is 14.0. The number of nitriles is 1. The summed E-state index contributed by atoms with van der Waals surface area (Å²) in [5.74, 6) is 0.802. The lowest BCUT2D eigenvalue weighted by molar-refractivity contribution is 0.192. The van der Waals surface area contributed by atoms with E-state index in [-0.39, 0.29) is 22.7 Å². The van der Waals surface area contributed by atoms with Gasteiger partial charge in [0, 0.05) is 43.5 Å². The van der Waals surface area contributed by atoms with Gasteiger partial charge in [-0.15, -0.1) is 0 Å². The van der Waals surface area contributed by atoms with Gasteiger partial charge in [0.15, 0.2) is 5.65 Å². The standard InChI is InChI=1S/C24H25ClN8O2/c1-13-19-22(27)28-12-29-23(19)33(30-13)14(2)16-9-18(25)17(10-26)20(21(16)35-5)15-7-6-8-32(11-15)24(34)31(3)4/h6-7,9,11-12,14H,8H2,1-5H3,(H2,27,28,29). The van der Waals surface area contributed by atoms with E-state index in [9.17, 15) is 10.1 Å². The van der Waals surface area contributed by atoms with Crippen LogP contribution in [0.25, 0.3) is 16.6 Å². The Bertz CT molecular complexity index is 1430. The van der Waals surface area contributed by atoms with Crippen molar-refractivity contribution in [3.63, 3.8) is 0 Å². The van der Waals surface area contributed by atoms with Gasteiger partial charge in [-0.25, -0.2) is 19.4 Å². The number of rotatable bonds is 4. The van der Waals surface area contributed by atoms with E-state index < -0.39 is 0 Å². The number of halogens is 1. The van der Waals surface area contributed by atoms with E-state index in [1.54, 1.807) is 35.9 Å². The van der Waals surface area contributed by atoms with Gasteiger partial charge in [0.1, 0.15) is 24.0 Å². The number of anilines is 1. The van der Waals surface area contributed by atoms with Crippen LogP contribution in [0.2, 0.25) is 5.02 Å². The van der Waals surface area contributed by atoms with Crippen molar-refractivity contribution < 1.29 is 9.53 Å². The molecule has 1 aromatic carbocycles. The highest BCUT2D eigenvalue weighted by molar-refractivity contribution is 6.32. The zero-order valence-electron chi connectivity index (χ0n) is 20.1. The summed E-state index contributed by atoms with van der Waals surface area (Å²) in [6.45, 7) is 4.18. The summed E-state index contributed by atoms with van der Waals surface area (Å²) in [5.41, 5.74) is 9.41. The van der Waals surface area contributed by atoms with Crippen molar-refractivity contribution in [2.24, 2.45) is 0 Å². The van der Waals surface area contributed by atoms with Crippen LogP contribution in [-0.4, -0.2) is 63.3 Å². The molecule has 0 fully saturated rings. The maximum atomic E-state index is 12.6. The molecule has 35 heavy (non-hydrogen) atoms. The Morgan fingerprint density at radius 1 is 1.37 bits per heavy atom. The van der Waals surface area contributed by atoms with E-state index in [1.165, 1.54) is 18.3 Å². The van der Waals surface area contributed by atoms with Crippen LogP contribution in [0.15, 0.2) is 30.7 Å². The first-order chi connectivity index (χ1) is 16.7. The molecule has 0 aliphatic carbocycles. The van der Waals surface area contributed by atoms with E-state index in [0.29, 0.717) is 51.5 Å². The Morgan fingerprint density at radius 3 is 2.77 bits per heavy atom. The van der Waals surface area contributed by atoms with Crippen LogP contribution in [0.3, 0.4) is 0 Å². The number of nitrogens with zero attached hydrogens (tertiary/aromatic N) is 7. The molecule has 0 saturated carbocycles. The number of fused-ring (bicyclic) bond motifs is 1. The van der Waals surface area contributed by atoms with E-state index in [4.69, 9.17) is 22.1 Å². The molecular weight excluding hydrogens is 468 g/mol. The van der Waals surface area contributed by atoms with Crippen LogP contribution in [0, 0.1) is 18.3 Å². The lowest BCUT2D eigenvalue weighted by atomic mass is 9.92. The highest BCUT2D eigenvalue weighted by Gasteiger charge is 2.28. The number of benzene rings is 1. The SMILES string of the molecule is COc1c(C(C)n2nc(C)c3c(N)ncnc32)cc(Cl)c(C#N)c1C1=CN(C(=O)N(C)C)CC=C1. The summed E-state index contributed by atoms with van der Waals surface area (Å²) in [6, 6.07) is 3.33. The lowest BCUT2D eigenvalue weighted by Gasteiger charge is -2.27. The predicted octanol–water partition coefficient (Wildman–Crippen LogP) is 3.75. The molecule has 0 saturated heterocycles. The first-order valence-corrected chi connectivity index (χ1v) is 11.2. The third-order valence-corrected chi connectivity index (χ3v) is 6.20. The minimum Gasteiger partial charge on any atom is -0.496 e. The van der Waals surface area contributed by atoms with Crippen molar-refractivity contribution in [2.75, 3.05) is 33.5 Å². The van der Waals surface area contributed by atoms with Crippen LogP contribution < -0.4 is 10.5 Å². The number of aryl methyl sites for hydroxylation is 1. The van der Waals surface area contributed by atoms with Gasteiger partial charge in [-0.2, -0.15) is 10.4 Å². The average molecular weight is 493 g/mol. The third-order valence-electron chi connectivity index (χ3n) is 5.90. The molecule has 1 aliphatic rings. The number of ether oxygens (including phenoxy) is 1. The maximum absolute atomic E-state index is 12.6. The first kappa shape index (κ1) is 24.0. The minimum absolute atomic E-state index is 0.185. The summed E-state index contributed by atoms with van der Waals surface area (Å²) < 4.78 is 7.59. The fourth-order valence-electron chi connectivity index (χ4n) is 4.23. The van der Waals surface area contributed by atoms with Gasteiger partial charge in [0.25, 0.3) is 0 Å². The largest absolute Gasteiger partial charge is 0.496 e. The molecule has 2 aromatic heterocycles. The second kappa shape index (κ2) is 9.27. The number of amides is 2. The molecule has 3 heterocycles. The van der Waals surface area contributed by atoms with Crippen molar-refractivity contribution in [3.05, 3.63) is 58.2 Å². The predicted molar refractivity (Wildman–Crippen MR) is 134 cm³/mol. The number of hydrogen-bond acceptors (Lipinski definition) is 7. The lowest BCUT2D eigenvalue weighted by Crippen LogP contribution is -2.36. The molecule has 2 amide bonds. The molecule has 1 unspecified atom stereocenters. The number of nitrogens with two attached hydrogens (primary N) is 1. The van der Waals surface area contributed by atoms with E-state index in [2.05, 4.69) is 21.1 Å². The van der Waals surface area contributed by atoms with Crippen LogP contribution in [-0.2, 0) is 0 Å². The van der Waals surface area contributed by atoms with Gasteiger partial charge in [0.05, 0.1) is 34.8 Å². The highest BCUT2D eigenvalue weighted by Crippen LogP contribution is 2.42. The number of nitrogen functional groups attached to an aromatic ring is 1. The van der Waals surface area contributed by atoms with Crippen LogP contribution in [0.5, 0.6) is 5.75 Å². The van der Waals surface area contributed by atoms with Gasteiger partial charge in [-0.1, -0.05) is 23.8 Å². The van der Waals surface area contributed by atoms with Crippen LogP contribution >= 0.6 is 11.6 Å². The van der Waals surface area contributed by atoms with Gasteiger partial charge in [0.2, 0.25) is 0 Å². The number of urea groups is 1. The molecular formula is C24H25ClN8O2. The van der Waals surface area contributed by atoms with Crippen molar-refractivity contribution in [1.29, 1.82) is 5.26 Å². The Hall–Kier alpha value is -4.10. The quantitative estimate of drug-likeness (QED) is 0.587. The Labute approximate surface area is 207 Å². The first-order valence-electron chi connectivity index (χ1n) is 10.8. The second-order valence-electron chi connectivity index (χ2n) is 8.32. The number of methoxy groups -OCH3 is 1. The number of carbonyl (C=O) groups is 1. The van der Waals surface area contributed by atoms with E-state index >= 15 is 0 Å². The van der Waals surface area contributed by atoms with Gasteiger partial charge in [-0.3, -0.25) is 4.90 Å². The molecule has 11 heteroatoms. The number of hydrogen-bond donors (Lipinski definition) is 1. The summed E-state index contributed by atoms with van der Waals surface area (Å²) >= 11 is 6.62. The van der Waals surface area contributed by atoms with Crippen molar-refractivity contribution in [1.82, 2.24) is 29.5 Å². The van der Waals surface area contributed by atoms with Crippen LogP contribution in [0.4, 0.5) is 10.6 Å². The number of allylic oxidation sites excluding steroid dienone is 2. The summed E-state index contributed by atoms with van der Waals surface area (Å²) in [6.07, 6.45) is 6.80. The fourth-order valence-corrected chi connectivity index (χ4v) is 4.49. The smallest absolute Gasteiger partial charge is 0.323 e. The van der Waals surface area contributed by atoms with Gasteiger partial charge >= 0.3 is 6.03 Å². The summed E-state index contributed by atoms with van der Waals surface area (Å²) in [4.78, 5) is 24.1. The topological polar surface area (TPSA) is 126 Å². The number of aromatic nitrogens is 4. The van der Waals surface area contributed by atoms with E-state index in [1.807, 2.05) is 26.0 Å². The molecule has 2 N–H and O–H groups in total. The van der Waals surface area contributed by atoms with Crippen LogP contribution in [0.1, 0.15) is 35.3 Å². The molecule has 3 aromatic rings. The highest BCUT2D eigenvalue weighted by atomic mass is 35.5. The molecule has 1 atom stereocenters. The van der Waals surface area contributed by atoms with Gasteiger partial charge < -0.3 is 15.4 Å². The molecule has 0 spiro atoms. The maximum Gasteiger partial charge on any atom is 0.323 e. The number of carbonyl (C=O) groups excluding carboxylic acids is 1. The van der Waals surface area contributed by atoms with Crippen molar-refractivity contribution >= 4 is 40.1 Å². The fraction of sp³-hybridized carbons (Fsp3) is 0.292. The molecule has 10 nitrogen and oxygen atoms in total. The molecule has 0 bridgehead atoms. The van der Waals surface area contributed by atoms with Gasteiger partial charge in [-0.05, 0) is 19.9 Å². The molecule has 1 aliphatic heterocycles. The van der Waals surface area contributed by atoms with Crippen molar-refractivity contribution in [3.8, 4) is 11.8 Å². The summed E-state index contributed by atoms with van der Waals surface area (Å²) in [7, 11) is 4.90. The minimum atomic E-state index is -0.382. The molecule has 180 valence electrons. The average Bonchev–Trinajstić information content (AvgIpc) is 3.19. The molecule has 0 radical (unpaired) electrons. The molecule has 4 rings (SSSR count). The van der Waals surface area contributed by atoms with Crippen molar-refractivity contribution in [2.45, 2.75) is 19.9 Å². The monoisotopic (exact) mass is 492 g/mol. The Kier molecular flexibility index (Phi) is 6.37.